The van der Waals surface area contributed by atoms with E-state index in [1.54, 1.807) is 6.07 Å². The normalized spacial score (nSPS) is 11.3. The molecule has 0 atom stereocenters. The van der Waals surface area contributed by atoms with Crippen molar-refractivity contribution in [1.82, 2.24) is 5.32 Å². The summed E-state index contributed by atoms with van der Waals surface area (Å²) in [4.78, 5) is 12.2. The predicted molar refractivity (Wildman–Crippen MR) is 74.0 cm³/mol. The first kappa shape index (κ1) is 14.2. The molecule has 0 saturated heterocycles. The monoisotopic (exact) mass is 298 g/mol. The molecule has 0 aromatic heterocycles. The highest BCUT2D eigenvalue weighted by molar-refractivity contribution is 9.10. The van der Waals surface area contributed by atoms with Gasteiger partial charge >= 0.3 is 0 Å². The molecule has 1 amide bonds. The average Bonchev–Trinajstić information content (AvgIpc) is 2.36. The van der Waals surface area contributed by atoms with Crippen LogP contribution in [0.4, 0.5) is 0 Å². The van der Waals surface area contributed by atoms with Crippen LogP contribution in [0.25, 0.3) is 0 Å². The molecule has 3 N–H and O–H groups in total. The van der Waals surface area contributed by atoms with Crippen molar-refractivity contribution in [3.05, 3.63) is 34.3 Å². The van der Waals surface area contributed by atoms with E-state index in [0.29, 0.717) is 12.1 Å². The van der Waals surface area contributed by atoms with Crippen LogP contribution in [0.3, 0.4) is 0 Å². The van der Waals surface area contributed by atoms with Crippen LogP contribution in [-0.4, -0.2) is 18.0 Å². The standard InChI is InChI=1S/C13H19BrN2O/c1-3-13(4-2,9-15)16-12(17)10-7-5-6-8-11(10)14/h5-8H,3-4,9,15H2,1-2H3,(H,16,17). The number of amides is 1. The zero-order valence-electron chi connectivity index (χ0n) is 10.3. The first-order valence-electron chi connectivity index (χ1n) is 5.85. The second-order valence-electron chi connectivity index (χ2n) is 4.13. The topological polar surface area (TPSA) is 55.1 Å². The molecule has 4 heteroatoms. The van der Waals surface area contributed by atoms with Crippen LogP contribution in [0, 0.1) is 0 Å². The average molecular weight is 299 g/mol. The van der Waals surface area contributed by atoms with E-state index < -0.39 is 0 Å². The van der Waals surface area contributed by atoms with Gasteiger partial charge in [0.25, 0.3) is 5.91 Å². The second kappa shape index (κ2) is 6.17. The fraction of sp³-hybridized carbons (Fsp3) is 0.462. The van der Waals surface area contributed by atoms with E-state index in [1.807, 2.05) is 32.0 Å². The number of benzene rings is 1. The highest BCUT2D eigenvalue weighted by Gasteiger charge is 2.27. The molecule has 1 rings (SSSR count). The zero-order valence-corrected chi connectivity index (χ0v) is 11.9. The van der Waals surface area contributed by atoms with Crippen LogP contribution in [-0.2, 0) is 0 Å². The van der Waals surface area contributed by atoms with Crippen molar-refractivity contribution in [2.24, 2.45) is 5.73 Å². The Hall–Kier alpha value is -0.870. The number of halogens is 1. The first-order valence-corrected chi connectivity index (χ1v) is 6.65. The van der Waals surface area contributed by atoms with Crippen LogP contribution >= 0.6 is 15.9 Å². The van der Waals surface area contributed by atoms with Crippen molar-refractivity contribution < 1.29 is 4.79 Å². The number of carbonyl (C=O) groups excluding carboxylic acids is 1. The van der Waals surface area contributed by atoms with Gasteiger partial charge in [0.05, 0.1) is 11.1 Å². The molecule has 0 aliphatic rings. The van der Waals surface area contributed by atoms with Crippen LogP contribution in [0.15, 0.2) is 28.7 Å². The van der Waals surface area contributed by atoms with Crippen LogP contribution < -0.4 is 11.1 Å². The van der Waals surface area contributed by atoms with Gasteiger partial charge in [-0.15, -0.1) is 0 Å². The van der Waals surface area contributed by atoms with Crippen LogP contribution in [0.2, 0.25) is 0 Å². The third kappa shape index (κ3) is 3.30. The van der Waals surface area contributed by atoms with Crippen molar-refractivity contribution in [3.63, 3.8) is 0 Å². The predicted octanol–water partition coefficient (Wildman–Crippen LogP) is 2.70. The molecule has 1 aromatic carbocycles. The van der Waals surface area contributed by atoms with E-state index >= 15 is 0 Å². The van der Waals surface area contributed by atoms with E-state index in [2.05, 4.69) is 21.2 Å². The molecular weight excluding hydrogens is 280 g/mol. The molecule has 0 bridgehead atoms. The minimum atomic E-state index is -0.299. The fourth-order valence-corrected chi connectivity index (χ4v) is 2.18. The van der Waals surface area contributed by atoms with Crippen molar-refractivity contribution >= 4 is 21.8 Å². The molecule has 0 radical (unpaired) electrons. The lowest BCUT2D eigenvalue weighted by atomic mass is 9.92. The maximum atomic E-state index is 12.2. The van der Waals surface area contributed by atoms with Gasteiger partial charge in [-0.1, -0.05) is 26.0 Å². The van der Waals surface area contributed by atoms with Crippen molar-refractivity contribution in [3.8, 4) is 0 Å². The number of carbonyl (C=O) groups is 1. The second-order valence-corrected chi connectivity index (χ2v) is 4.98. The summed E-state index contributed by atoms with van der Waals surface area (Å²) >= 11 is 3.38. The van der Waals surface area contributed by atoms with E-state index in [9.17, 15) is 4.79 Å². The van der Waals surface area contributed by atoms with E-state index in [1.165, 1.54) is 0 Å². The molecule has 1 aromatic rings. The molecule has 0 heterocycles. The summed E-state index contributed by atoms with van der Waals surface area (Å²) in [6.45, 7) is 4.53. The van der Waals surface area contributed by atoms with Crippen molar-refractivity contribution in [2.45, 2.75) is 32.2 Å². The third-order valence-corrected chi connectivity index (χ3v) is 3.93. The van der Waals surface area contributed by atoms with Gasteiger partial charge in [0.1, 0.15) is 0 Å². The van der Waals surface area contributed by atoms with Crippen molar-refractivity contribution in [2.75, 3.05) is 6.54 Å². The molecule has 0 aliphatic heterocycles. The summed E-state index contributed by atoms with van der Waals surface area (Å²) in [7, 11) is 0. The molecule has 0 aliphatic carbocycles. The van der Waals surface area contributed by atoms with E-state index in [-0.39, 0.29) is 11.4 Å². The molecule has 94 valence electrons. The Labute approximate surface area is 111 Å². The summed E-state index contributed by atoms with van der Waals surface area (Å²) in [6, 6.07) is 7.39. The van der Waals surface area contributed by atoms with Gasteiger partial charge in [0, 0.05) is 11.0 Å². The van der Waals surface area contributed by atoms with E-state index in [0.717, 1.165) is 17.3 Å². The lowest BCUT2D eigenvalue weighted by Gasteiger charge is -2.31. The quantitative estimate of drug-likeness (QED) is 0.878. The SMILES string of the molecule is CCC(CC)(CN)NC(=O)c1ccccc1Br. The van der Waals surface area contributed by atoms with Crippen molar-refractivity contribution in [1.29, 1.82) is 0 Å². The third-order valence-electron chi connectivity index (χ3n) is 3.24. The maximum absolute atomic E-state index is 12.2. The van der Waals surface area contributed by atoms with E-state index in [4.69, 9.17) is 5.73 Å². The van der Waals surface area contributed by atoms with Gasteiger partial charge in [-0.25, -0.2) is 0 Å². The molecule has 0 unspecified atom stereocenters. The zero-order chi connectivity index (χ0) is 12.9. The summed E-state index contributed by atoms with van der Waals surface area (Å²) < 4.78 is 0.802. The number of nitrogens with two attached hydrogens (primary N) is 1. The number of rotatable bonds is 5. The number of hydrogen-bond donors (Lipinski definition) is 2. The molecule has 0 fully saturated rings. The number of nitrogens with one attached hydrogen (secondary N) is 1. The Kier molecular flexibility index (Phi) is 5.15. The fourth-order valence-electron chi connectivity index (χ4n) is 1.72. The van der Waals surface area contributed by atoms with Gasteiger partial charge in [0.2, 0.25) is 0 Å². The summed E-state index contributed by atoms with van der Waals surface area (Å²) in [5.41, 5.74) is 6.11. The van der Waals surface area contributed by atoms with Gasteiger partial charge in [-0.3, -0.25) is 4.79 Å². The Morgan fingerprint density at radius 1 is 1.35 bits per heavy atom. The lowest BCUT2D eigenvalue weighted by Crippen LogP contribution is -2.52. The Morgan fingerprint density at radius 3 is 2.41 bits per heavy atom. The smallest absolute Gasteiger partial charge is 0.252 e. The molecule has 0 saturated carbocycles. The minimum absolute atomic E-state index is 0.0772. The van der Waals surface area contributed by atoms with Crippen LogP contribution in [0.1, 0.15) is 37.0 Å². The highest BCUT2D eigenvalue weighted by atomic mass is 79.9. The lowest BCUT2D eigenvalue weighted by molar-refractivity contribution is 0.0894. The summed E-state index contributed by atoms with van der Waals surface area (Å²) in [5.74, 6) is -0.0772. The van der Waals surface area contributed by atoms with Gasteiger partial charge in [-0.2, -0.15) is 0 Å². The maximum Gasteiger partial charge on any atom is 0.252 e. The largest absolute Gasteiger partial charge is 0.345 e. The van der Waals surface area contributed by atoms with Gasteiger partial charge in [-0.05, 0) is 40.9 Å². The number of hydrogen-bond acceptors (Lipinski definition) is 2. The molecule has 3 nitrogen and oxygen atoms in total. The highest BCUT2D eigenvalue weighted by Crippen LogP contribution is 2.19. The Balaban J connectivity index is 2.89. The Morgan fingerprint density at radius 2 is 1.94 bits per heavy atom. The van der Waals surface area contributed by atoms with Gasteiger partial charge in [0.15, 0.2) is 0 Å². The molecule has 17 heavy (non-hydrogen) atoms. The summed E-state index contributed by atoms with van der Waals surface area (Å²) in [6.07, 6.45) is 1.66. The molecule has 0 spiro atoms. The summed E-state index contributed by atoms with van der Waals surface area (Å²) in [5, 5.41) is 3.04. The van der Waals surface area contributed by atoms with Gasteiger partial charge < -0.3 is 11.1 Å². The van der Waals surface area contributed by atoms with Crippen LogP contribution in [0.5, 0.6) is 0 Å². The minimum Gasteiger partial charge on any atom is -0.345 e. The first-order chi connectivity index (χ1) is 8.08. The molecular formula is C13H19BrN2O. The Bertz CT molecular complexity index is 380.